The lowest BCUT2D eigenvalue weighted by Crippen LogP contribution is -2.39. The van der Waals surface area contributed by atoms with E-state index in [1.165, 1.54) is 6.42 Å². The topological polar surface area (TPSA) is 67.9 Å². The molecular formula is C15H19N5. The molecule has 2 aromatic heterocycles. The second-order valence-electron chi connectivity index (χ2n) is 5.20. The predicted molar refractivity (Wildman–Crippen MR) is 79.3 cm³/mol. The lowest BCUT2D eigenvalue weighted by Gasteiger charge is -2.32. The maximum Gasteiger partial charge on any atom is 0.225 e. The summed E-state index contributed by atoms with van der Waals surface area (Å²) in [7, 11) is 0. The first kappa shape index (κ1) is 13.0. The monoisotopic (exact) mass is 269 g/mol. The van der Waals surface area contributed by atoms with E-state index in [2.05, 4.69) is 19.9 Å². The van der Waals surface area contributed by atoms with Crippen molar-refractivity contribution in [3.63, 3.8) is 0 Å². The lowest BCUT2D eigenvalue weighted by atomic mass is 9.99. The van der Waals surface area contributed by atoms with E-state index in [0.717, 1.165) is 43.1 Å². The summed E-state index contributed by atoms with van der Waals surface area (Å²) in [5, 5.41) is 0. The Bertz CT molecular complexity index is 540. The predicted octanol–water partition coefficient (Wildman–Crippen LogP) is 1.71. The molecule has 0 spiro atoms. The Morgan fingerprint density at radius 3 is 2.60 bits per heavy atom. The molecule has 5 nitrogen and oxygen atoms in total. The number of nitrogens with two attached hydrogens (primary N) is 1. The summed E-state index contributed by atoms with van der Waals surface area (Å²) in [5.74, 6) is 1.37. The van der Waals surface area contributed by atoms with Crippen LogP contribution in [-0.2, 0) is 0 Å². The summed E-state index contributed by atoms with van der Waals surface area (Å²) < 4.78 is 0. The second kappa shape index (κ2) is 5.96. The van der Waals surface area contributed by atoms with E-state index < -0.39 is 0 Å². The van der Waals surface area contributed by atoms with Crippen molar-refractivity contribution in [1.82, 2.24) is 15.0 Å². The Morgan fingerprint density at radius 2 is 1.90 bits per heavy atom. The van der Waals surface area contributed by atoms with Crippen molar-refractivity contribution in [1.29, 1.82) is 0 Å². The molecule has 20 heavy (non-hydrogen) atoms. The smallest absolute Gasteiger partial charge is 0.225 e. The van der Waals surface area contributed by atoms with Gasteiger partial charge in [-0.05, 0) is 43.0 Å². The quantitative estimate of drug-likeness (QED) is 0.918. The van der Waals surface area contributed by atoms with Gasteiger partial charge in [-0.1, -0.05) is 0 Å². The van der Waals surface area contributed by atoms with E-state index in [4.69, 9.17) is 5.73 Å². The highest BCUT2D eigenvalue weighted by atomic mass is 15.2. The molecule has 0 radical (unpaired) electrons. The van der Waals surface area contributed by atoms with Crippen molar-refractivity contribution >= 4 is 5.95 Å². The van der Waals surface area contributed by atoms with Crippen molar-refractivity contribution in [3.8, 4) is 11.1 Å². The second-order valence-corrected chi connectivity index (χ2v) is 5.20. The van der Waals surface area contributed by atoms with Crippen molar-refractivity contribution in [2.75, 3.05) is 24.5 Å². The summed E-state index contributed by atoms with van der Waals surface area (Å²) in [6.07, 6.45) is 9.69. The molecule has 1 atom stereocenters. The van der Waals surface area contributed by atoms with E-state index in [9.17, 15) is 0 Å². The van der Waals surface area contributed by atoms with E-state index in [1.54, 1.807) is 12.4 Å². The van der Waals surface area contributed by atoms with E-state index in [-0.39, 0.29) is 0 Å². The van der Waals surface area contributed by atoms with Crippen LogP contribution in [0.5, 0.6) is 0 Å². The highest BCUT2D eigenvalue weighted by Crippen LogP contribution is 2.21. The zero-order valence-electron chi connectivity index (χ0n) is 11.4. The Labute approximate surface area is 118 Å². The Kier molecular flexibility index (Phi) is 3.87. The summed E-state index contributed by atoms with van der Waals surface area (Å²) in [5.41, 5.74) is 7.88. The Balaban J connectivity index is 1.76. The SMILES string of the molecule is NCC1CCCN(c2ncc(-c3ccncc3)cn2)C1. The molecule has 1 fully saturated rings. The van der Waals surface area contributed by atoms with Gasteiger partial charge in [0.1, 0.15) is 0 Å². The van der Waals surface area contributed by atoms with Crippen molar-refractivity contribution in [2.24, 2.45) is 11.7 Å². The van der Waals surface area contributed by atoms with Crippen LogP contribution in [0.1, 0.15) is 12.8 Å². The number of rotatable bonds is 3. The van der Waals surface area contributed by atoms with E-state index in [1.807, 2.05) is 24.5 Å². The van der Waals surface area contributed by atoms with E-state index >= 15 is 0 Å². The van der Waals surface area contributed by atoms with Gasteiger partial charge in [-0.3, -0.25) is 4.98 Å². The third-order valence-corrected chi connectivity index (χ3v) is 3.79. The van der Waals surface area contributed by atoms with Crippen LogP contribution >= 0.6 is 0 Å². The molecule has 0 bridgehead atoms. The van der Waals surface area contributed by atoms with Gasteiger partial charge in [-0.2, -0.15) is 0 Å². The molecule has 104 valence electrons. The van der Waals surface area contributed by atoms with Gasteiger partial charge < -0.3 is 10.6 Å². The number of hydrogen-bond acceptors (Lipinski definition) is 5. The summed E-state index contributed by atoms with van der Waals surface area (Å²) >= 11 is 0. The number of nitrogens with zero attached hydrogens (tertiary/aromatic N) is 4. The van der Waals surface area contributed by atoms with Gasteiger partial charge in [0, 0.05) is 43.4 Å². The largest absolute Gasteiger partial charge is 0.341 e. The van der Waals surface area contributed by atoms with Gasteiger partial charge in [0.05, 0.1) is 0 Å². The Morgan fingerprint density at radius 1 is 1.15 bits per heavy atom. The van der Waals surface area contributed by atoms with Crippen LogP contribution in [0.3, 0.4) is 0 Å². The minimum atomic E-state index is 0.562. The molecule has 0 saturated carbocycles. The fourth-order valence-corrected chi connectivity index (χ4v) is 2.62. The standard InChI is InChI=1S/C15H19N5/c16-8-12-2-1-7-20(11-12)15-18-9-14(10-19-15)13-3-5-17-6-4-13/h3-6,9-10,12H,1-2,7-8,11,16H2. The first-order valence-corrected chi connectivity index (χ1v) is 7.04. The van der Waals surface area contributed by atoms with Crippen LogP contribution in [0, 0.1) is 5.92 Å². The highest BCUT2D eigenvalue weighted by Gasteiger charge is 2.20. The molecule has 5 heteroatoms. The first-order valence-electron chi connectivity index (χ1n) is 7.04. The van der Waals surface area contributed by atoms with Crippen LogP contribution in [0.25, 0.3) is 11.1 Å². The maximum atomic E-state index is 5.77. The van der Waals surface area contributed by atoms with Crippen LogP contribution in [-0.4, -0.2) is 34.6 Å². The van der Waals surface area contributed by atoms with Crippen LogP contribution in [0.2, 0.25) is 0 Å². The maximum absolute atomic E-state index is 5.77. The third kappa shape index (κ3) is 2.77. The van der Waals surface area contributed by atoms with Crippen molar-refractivity contribution in [2.45, 2.75) is 12.8 Å². The van der Waals surface area contributed by atoms with Crippen molar-refractivity contribution < 1.29 is 0 Å². The summed E-state index contributed by atoms with van der Waals surface area (Å²) in [4.78, 5) is 15.3. The summed E-state index contributed by atoms with van der Waals surface area (Å²) in [6, 6.07) is 3.92. The Hall–Kier alpha value is -2.01. The number of aromatic nitrogens is 3. The molecule has 3 heterocycles. The normalized spacial score (nSPS) is 19.1. The highest BCUT2D eigenvalue weighted by molar-refractivity contribution is 5.61. The van der Waals surface area contributed by atoms with Gasteiger partial charge in [0.25, 0.3) is 0 Å². The molecule has 0 aliphatic carbocycles. The van der Waals surface area contributed by atoms with Gasteiger partial charge in [0.2, 0.25) is 5.95 Å². The molecule has 1 unspecified atom stereocenters. The fourth-order valence-electron chi connectivity index (χ4n) is 2.62. The molecule has 0 amide bonds. The number of piperidine rings is 1. The van der Waals surface area contributed by atoms with Gasteiger partial charge in [-0.15, -0.1) is 0 Å². The average Bonchev–Trinajstić information content (AvgIpc) is 2.56. The number of pyridine rings is 1. The van der Waals surface area contributed by atoms with Gasteiger partial charge in [-0.25, -0.2) is 9.97 Å². The molecule has 1 saturated heterocycles. The van der Waals surface area contributed by atoms with Crippen molar-refractivity contribution in [3.05, 3.63) is 36.9 Å². The van der Waals surface area contributed by atoms with Crippen LogP contribution in [0.15, 0.2) is 36.9 Å². The zero-order chi connectivity index (χ0) is 13.8. The minimum Gasteiger partial charge on any atom is -0.341 e. The van der Waals surface area contributed by atoms with Gasteiger partial charge in [0.15, 0.2) is 0 Å². The molecule has 0 aromatic carbocycles. The third-order valence-electron chi connectivity index (χ3n) is 3.79. The average molecular weight is 269 g/mol. The van der Waals surface area contributed by atoms with Crippen LogP contribution in [0.4, 0.5) is 5.95 Å². The first-order chi connectivity index (χ1) is 9.86. The molecule has 3 rings (SSSR count). The number of anilines is 1. The molecule has 2 N–H and O–H groups in total. The molecule has 2 aromatic rings. The fraction of sp³-hybridized carbons (Fsp3) is 0.400. The lowest BCUT2D eigenvalue weighted by molar-refractivity contribution is 0.419. The number of hydrogen-bond donors (Lipinski definition) is 1. The molecular weight excluding hydrogens is 250 g/mol. The zero-order valence-corrected chi connectivity index (χ0v) is 11.4. The summed E-state index contributed by atoms with van der Waals surface area (Å²) in [6.45, 7) is 2.72. The van der Waals surface area contributed by atoms with Gasteiger partial charge >= 0.3 is 0 Å². The minimum absolute atomic E-state index is 0.562. The molecule has 1 aliphatic heterocycles. The molecule has 1 aliphatic rings. The van der Waals surface area contributed by atoms with E-state index in [0.29, 0.717) is 5.92 Å². The van der Waals surface area contributed by atoms with Crippen LogP contribution < -0.4 is 10.6 Å².